The molecule has 14 heavy (non-hydrogen) atoms. The van der Waals surface area contributed by atoms with E-state index in [0.717, 1.165) is 11.4 Å². The maximum atomic E-state index is 8.85. The van der Waals surface area contributed by atoms with Crippen LogP contribution in [0.1, 0.15) is 12.0 Å². The summed E-state index contributed by atoms with van der Waals surface area (Å²) in [6, 6.07) is 8.12. The minimum atomic E-state index is 0.175. The van der Waals surface area contributed by atoms with Crippen LogP contribution in [0.25, 0.3) is 6.08 Å². The second-order valence-electron chi connectivity index (χ2n) is 3.24. The van der Waals surface area contributed by atoms with Crippen LogP contribution in [0.4, 0.5) is 5.69 Å². The Labute approximate surface area is 83.6 Å². The number of allylic oxidation sites excluding steroid dienone is 2. The average molecular weight is 187 g/mol. The van der Waals surface area contributed by atoms with E-state index in [0.29, 0.717) is 6.42 Å². The summed E-state index contributed by atoms with van der Waals surface area (Å²) in [5.41, 5.74) is 3.33. The zero-order valence-corrected chi connectivity index (χ0v) is 7.90. The van der Waals surface area contributed by atoms with E-state index < -0.39 is 0 Å². The monoisotopic (exact) mass is 187 g/mol. The lowest BCUT2D eigenvalue weighted by Gasteiger charge is -2.09. The molecule has 2 heteroatoms. The summed E-state index contributed by atoms with van der Waals surface area (Å²) >= 11 is 0. The van der Waals surface area contributed by atoms with Crippen molar-refractivity contribution in [1.29, 1.82) is 0 Å². The van der Waals surface area contributed by atoms with Gasteiger partial charge in [-0.2, -0.15) is 0 Å². The standard InChI is InChI=1S/C12H13NO/c14-9-8-11-6-3-5-10-4-1-2-7-12(10)13-11/h1-7,13-14H,8-9H2. The molecular weight excluding hydrogens is 174 g/mol. The molecule has 2 N–H and O–H groups in total. The second-order valence-corrected chi connectivity index (χ2v) is 3.24. The molecule has 0 fully saturated rings. The topological polar surface area (TPSA) is 32.3 Å². The number of nitrogens with one attached hydrogen (secondary N) is 1. The molecule has 1 aliphatic rings. The molecule has 0 amide bonds. The average Bonchev–Trinajstić information content (AvgIpc) is 2.40. The van der Waals surface area contributed by atoms with Crippen molar-refractivity contribution in [2.75, 3.05) is 11.9 Å². The van der Waals surface area contributed by atoms with Gasteiger partial charge in [0, 0.05) is 24.4 Å². The van der Waals surface area contributed by atoms with Crippen LogP contribution in [0, 0.1) is 0 Å². The van der Waals surface area contributed by atoms with Gasteiger partial charge < -0.3 is 10.4 Å². The molecule has 0 spiro atoms. The van der Waals surface area contributed by atoms with Crippen LogP contribution in [-0.2, 0) is 0 Å². The Bertz CT molecular complexity index is 380. The molecule has 1 heterocycles. The number of aliphatic hydroxyl groups excluding tert-OH is 1. The molecule has 0 saturated carbocycles. The zero-order chi connectivity index (χ0) is 9.80. The van der Waals surface area contributed by atoms with E-state index >= 15 is 0 Å². The largest absolute Gasteiger partial charge is 0.396 e. The first kappa shape index (κ1) is 9.03. The van der Waals surface area contributed by atoms with Crippen LogP contribution in [-0.4, -0.2) is 11.7 Å². The maximum Gasteiger partial charge on any atom is 0.0485 e. The summed E-state index contributed by atoms with van der Waals surface area (Å²) in [5.74, 6) is 0. The highest BCUT2D eigenvalue weighted by Crippen LogP contribution is 2.22. The van der Waals surface area contributed by atoms with Crippen LogP contribution in [0.3, 0.4) is 0 Å². The van der Waals surface area contributed by atoms with Gasteiger partial charge in [0.25, 0.3) is 0 Å². The zero-order valence-electron chi connectivity index (χ0n) is 7.90. The minimum absolute atomic E-state index is 0.175. The molecule has 2 rings (SSSR count). The smallest absolute Gasteiger partial charge is 0.0485 e. The van der Waals surface area contributed by atoms with Crippen molar-refractivity contribution in [3.63, 3.8) is 0 Å². The van der Waals surface area contributed by atoms with Gasteiger partial charge >= 0.3 is 0 Å². The fourth-order valence-electron chi connectivity index (χ4n) is 1.51. The highest BCUT2D eigenvalue weighted by atomic mass is 16.3. The Kier molecular flexibility index (Phi) is 2.65. The van der Waals surface area contributed by atoms with E-state index in [1.165, 1.54) is 5.56 Å². The molecule has 0 saturated heterocycles. The van der Waals surface area contributed by atoms with Crippen LogP contribution in [0.2, 0.25) is 0 Å². The molecule has 0 atom stereocenters. The first-order valence-corrected chi connectivity index (χ1v) is 4.74. The van der Waals surface area contributed by atoms with E-state index in [2.05, 4.69) is 17.5 Å². The number of benzene rings is 1. The summed E-state index contributed by atoms with van der Waals surface area (Å²) in [6.45, 7) is 0.175. The van der Waals surface area contributed by atoms with Gasteiger partial charge in [-0.05, 0) is 17.7 Å². The highest BCUT2D eigenvalue weighted by Gasteiger charge is 2.03. The van der Waals surface area contributed by atoms with Crippen LogP contribution in [0.15, 0.2) is 42.1 Å². The lowest BCUT2D eigenvalue weighted by atomic mass is 10.2. The van der Waals surface area contributed by atoms with Crippen molar-refractivity contribution in [3.8, 4) is 0 Å². The van der Waals surface area contributed by atoms with E-state index in [1.54, 1.807) is 0 Å². The van der Waals surface area contributed by atoms with Gasteiger partial charge in [-0.15, -0.1) is 0 Å². The molecule has 2 nitrogen and oxygen atoms in total. The van der Waals surface area contributed by atoms with Crippen molar-refractivity contribution in [3.05, 3.63) is 47.7 Å². The summed E-state index contributed by atoms with van der Waals surface area (Å²) in [4.78, 5) is 0. The highest BCUT2D eigenvalue weighted by molar-refractivity contribution is 5.70. The summed E-state index contributed by atoms with van der Waals surface area (Å²) < 4.78 is 0. The van der Waals surface area contributed by atoms with Crippen molar-refractivity contribution >= 4 is 11.8 Å². The predicted molar refractivity (Wildman–Crippen MR) is 58.9 cm³/mol. The number of aliphatic hydroxyl groups is 1. The van der Waals surface area contributed by atoms with Gasteiger partial charge in [0.15, 0.2) is 0 Å². The Morgan fingerprint density at radius 3 is 2.93 bits per heavy atom. The van der Waals surface area contributed by atoms with E-state index in [-0.39, 0.29) is 6.61 Å². The molecule has 0 aromatic heterocycles. The number of para-hydroxylation sites is 1. The van der Waals surface area contributed by atoms with Gasteiger partial charge in [0.2, 0.25) is 0 Å². The molecule has 0 bridgehead atoms. The van der Waals surface area contributed by atoms with Gasteiger partial charge in [-0.3, -0.25) is 0 Å². The van der Waals surface area contributed by atoms with Crippen LogP contribution in [0.5, 0.6) is 0 Å². The lowest BCUT2D eigenvalue weighted by Crippen LogP contribution is -2.01. The Hall–Kier alpha value is -1.54. The van der Waals surface area contributed by atoms with Gasteiger partial charge in [-0.25, -0.2) is 0 Å². The van der Waals surface area contributed by atoms with E-state index in [1.807, 2.05) is 30.4 Å². The van der Waals surface area contributed by atoms with Crippen LogP contribution < -0.4 is 5.32 Å². The number of anilines is 1. The molecule has 1 aromatic rings. The third kappa shape index (κ3) is 1.86. The molecular formula is C12H13NO. The maximum absolute atomic E-state index is 8.85. The normalized spacial score (nSPS) is 13.9. The third-order valence-electron chi connectivity index (χ3n) is 2.21. The first-order valence-electron chi connectivity index (χ1n) is 4.74. The molecule has 0 unspecified atom stereocenters. The summed E-state index contributed by atoms with van der Waals surface area (Å²) in [7, 11) is 0. The lowest BCUT2D eigenvalue weighted by molar-refractivity contribution is 0.299. The number of hydrogen-bond donors (Lipinski definition) is 2. The quantitative estimate of drug-likeness (QED) is 0.745. The second kappa shape index (κ2) is 4.11. The molecule has 1 aromatic carbocycles. The van der Waals surface area contributed by atoms with E-state index in [9.17, 15) is 0 Å². The summed E-state index contributed by atoms with van der Waals surface area (Å²) in [6.07, 6.45) is 6.73. The fourth-order valence-corrected chi connectivity index (χ4v) is 1.51. The van der Waals surface area contributed by atoms with Crippen molar-refractivity contribution in [2.45, 2.75) is 6.42 Å². The Morgan fingerprint density at radius 1 is 1.21 bits per heavy atom. The Balaban J connectivity index is 2.28. The van der Waals surface area contributed by atoms with Gasteiger partial charge in [-0.1, -0.05) is 30.4 Å². The van der Waals surface area contributed by atoms with Crippen LogP contribution >= 0.6 is 0 Å². The Morgan fingerprint density at radius 2 is 2.07 bits per heavy atom. The van der Waals surface area contributed by atoms with Gasteiger partial charge in [0.1, 0.15) is 0 Å². The van der Waals surface area contributed by atoms with Crippen molar-refractivity contribution in [2.24, 2.45) is 0 Å². The van der Waals surface area contributed by atoms with Crippen molar-refractivity contribution in [1.82, 2.24) is 0 Å². The molecule has 0 radical (unpaired) electrons. The molecule has 0 aliphatic carbocycles. The molecule has 1 aliphatic heterocycles. The number of rotatable bonds is 2. The number of hydrogen-bond acceptors (Lipinski definition) is 2. The summed E-state index contributed by atoms with van der Waals surface area (Å²) in [5, 5.41) is 12.2. The number of fused-ring (bicyclic) bond motifs is 1. The third-order valence-corrected chi connectivity index (χ3v) is 2.21. The SMILES string of the molecule is OCCC1=CC=Cc2ccccc2N1. The predicted octanol–water partition coefficient (Wildman–Crippen LogP) is 2.39. The fraction of sp³-hybridized carbons (Fsp3) is 0.167. The molecule has 72 valence electrons. The first-order chi connectivity index (χ1) is 6.90. The van der Waals surface area contributed by atoms with E-state index in [4.69, 9.17) is 5.11 Å². The minimum Gasteiger partial charge on any atom is -0.396 e. The van der Waals surface area contributed by atoms with Crippen molar-refractivity contribution < 1.29 is 5.11 Å². The van der Waals surface area contributed by atoms with Gasteiger partial charge in [0.05, 0.1) is 0 Å².